The normalized spacial score (nSPS) is 9.88. The molecule has 0 bridgehead atoms. The van der Waals surface area contributed by atoms with Crippen LogP contribution in [0.2, 0.25) is 0 Å². The molecule has 0 radical (unpaired) electrons. The summed E-state index contributed by atoms with van der Waals surface area (Å²) in [4.78, 5) is 26.7. The smallest absolute Gasteiger partial charge is 0.306 e. The second-order valence-electron chi connectivity index (χ2n) is 3.42. The molecule has 0 aliphatic carbocycles. The fourth-order valence-corrected chi connectivity index (χ4v) is 1.23. The van der Waals surface area contributed by atoms with E-state index < -0.39 is 0 Å². The molecule has 0 aromatic carbocycles. The van der Waals surface area contributed by atoms with Crippen molar-refractivity contribution in [1.29, 1.82) is 0 Å². The number of ether oxygens (including phenoxy) is 1. The average Bonchev–Trinajstić information content (AvgIpc) is 2.27. The molecule has 0 spiro atoms. The van der Waals surface area contributed by atoms with Crippen molar-refractivity contribution < 1.29 is 14.3 Å². The number of hydrogen-bond donors (Lipinski definition) is 0. The van der Waals surface area contributed by atoms with E-state index in [-0.39, 0.29) is 24.6 Å². The van der Waals surface area contributed by atoms with Crippen LogP contribution in [-0.2, 0) is 9.53 Å². The van der Waals surface area contributed by atoms with Gasteiger partial charge in [-0.25, -0.2) is 0 Å². The Morgan fingerprint density at radius 3 is 2.62 bits per heavy atom. The summed E-state index contributed by atoms with van der Waals surface area (Å²) >= 11 is 0. The van der Waals surface area contributed by atoms with Crippen molar-refractivity contribution in [3.63, 3.8) is 0 Å². The summed E-state index contributed by atoms with van der Waals surface area (Å²) in [5.41, 5.74) is 1.40. The number of ketones is 1. The number of nitrogens with zero attached hydrogens (tertiary/aromatic N) is 1. The highest BCUT2D eigenvalue weighted by Crippen LogP contribution is 2.05. The summed E-state index contributed by atoms with van der Waals surface area (Å²) in [7, 11) is 0. The van der Waals surface area contributed by atoms with Gasteiger partial charge < -0.3 is 4.74 Å². The van der Waals surface area contributed by atoms with Crippen LogP contribution in [0.4, 0.5) is 0 Å². The molecule has 1 rings (SSSR count). The fraction of sp³-hybridized carbons (Fsp3) is 0.417. The molecule has 0 amide bonds. The molecule has 0 aliphatic rings. The van der Waals surface area contributed by atoms with Crippen LogP contribution in [0.1, 0.15) is 35.8 Å². The molecule has 1 aromatic heterocycles. The van der Waals surface area contributed by atoms with E-state index in [1.165, 1.54) is 6.20 Å². The Morgan fingerprint density at radius 1 is 1.31 bits per heavy atom. The van der Waals surface area contributed by atoms with Crippen molar-refractivity contribution in [1.82, 2.24) is 4.98 Å². The van der Waals surface area contributed by atoms with E-state index in [0.29, 0.717) is 12.2 Å². The van der Waals surface area contributed by atoms with Crippen LogP contribution in [0.5, 0.6) is 0 Å². The van der Waals surface area contributed by atoms with Crippen molar-refractivity contribution in [3.8, 4) is 0 Å². The number of pyridine rings is 1. The molecule has 0 atom stereocenters. The van der Waals surface area contributed by atoms with Crippen LogP contribution in [0.25, 0.3) is 0 Å². The van der Waals surface area contributed by atoms with Crippen molar-refractivity contribution in [2.45, 2.75) is 26.7 Å². The quantitative estimate of drug-likeness (QED) is 0.563. The number of esters is 1. The molecular formula is C12H15NO3. The lowest BCUT2D eigenvalue weighted by atomic mass is 10.1. The third-order valence-electron chi connectivity index (χ3n) is 2.09. The monoisotopic (exact) mass is 221 g/mol. The van der Waals surface area contributed by atoms with E-state index in [0.717, 1.165) is 5.69 Å². The fourth-order valence-electron chi connectivity index (χ4n) is 1.23. The van der Waals surface area contributed by atoms with Crippen LogP contribution in [0.3, 0.4) is 0 Å². The number of rotatable bonds is 5. The molecule has 16 heavy (non-hydrogen) atoms. The molecule has 4 nitrogen and oxygen atoms in total. The standard InChI is InChI=1S/C12H15NO3/c1-3-16-12(15)7-6-11(14)10-5-4-9(2)13-8-10/h4-5,8H,3,6-7H2,1-2H3. The number of Topliss-reactive ketones (excluding diaryl/α,β-unsaturated/α-hetero) is 1. The summed E-state index contributed by atoms with van der Waals surface area (Å²) in [5.74, 6) is -0.420. The zero-order chi connectivity index (χ0) is 12.0. The Hall–Kier alpha value is -1.71. The Bertz CT molecular complexity index is 370. The van der Waals surface area contributed by atoms with E-state index in [1.54, 1.807) is 19.1 Å². The second-order valence-corrected chi connectivity index (χ2v) is 3.42. The van der Waals surface area contributed by atoms with Crippen LogP contribution < -0.4 is 0 Å². The minimum atomic E-state index is -0.337. The maximum Gasteiger partial charge on any atom is 0.306 e. The largest absolute Gasteiger partial charge is 0.466 e. The molecule has 1 aromatic rings. The highest BCUT2D eigenvalue weighted by atomic mass is 16.5. The number of hydrogen-bond acceptors (Lipinski definition) is 4. The molecule has 0 saturated heterocycles. The van der Waals surface area contributed by atoms with E-state index in [2.05, 4.69) is 4.98 Å². The van der Waals surface area contributed by atoms with Gasteiger partial charge in [0.2, 0.25) is 0 Å². The topological polar surface area (TPSA) is 56.3 Å². The zero-order valence-electron chi connectivity index (χ0n) is 9.53. The predicted molar refractivity (Wildman–Crippen MR) is 59.2 cm³/mol. The summed E-state index contributed by atoms with van der Waals surface area (Å²) in [6.45, 7) is 3.94. The van der Waals surface area contributed by atoms with Gasteiger partial charge in [-0.15, -0.1) is 0 Å². The van der Waals surface area contributed by atoms with Crippen LogP contribution in [0.15, 0.2) is 18.3 Å². The predicted octanol–water partition coefficient (Wildman–Crippen LogP) is 1.92. The van der Waals surface area contributed by atoms with Gasteiger partial charge in [-0.1, -0.05) is 0 Å². The first-order valence-electron chi connectivity index (χ1n) is 5.25. The summed E-state index contributed by atoms with van der Waals surface area (Å²) in [6.07, 6.45) is 1.83. The highest BCUT2D eigenvalue weighted by molar-refractivity contribution is 5.97. The zero-order valence-corrected chi connectivity index (χ0v) is 9.53. The number of carbonyl (C=O) groups excluding carboxylic acids is 2. The summed E-state index contributed by atoms with van der Waals surface area (Å²) < 4.78 is 4.74. The molecule has 86 valence electrons. The minimum Gasteiger partial charge on any atom is -0.466 e. The molecule has 0 aliphatic heterocycles. The Kier molecular flexibility index (Phi) is 4.64. The maximum atomic E-state index is 11.6. The van der Waals surface area contributed by atoms with E-state index in [1.807, 2.05) is 6.92 Å². The lowest BCUT2D eigenvalue weighted by Gasteiger charge is -2.01. The summed E-state index contributed by atoms with van der Waals surface area (Å²) in [6, 6.07) is 3.49. The molecule has 0 unspecified atom stereocenters. The molecule has 0 fully saturated rings. The third kappa shape index (κ3) is 3.81. The van der Waals surface area contributed by atoms with Crippen molar-refractivity contribution in [2.24, 2.45) is 0 Å². The SMILES string of the molecule is CCOC(=O)CCC(=O)c1ccc(C)nc1. The van der Waals surface area contributed by atoms with Gasteiger partial charge in [-0.2, -0.15) is 0 Å². The van der Waals surface area contributed by atoms with Gasteiger partial charge in [-0.05, 0) is 26.0 Å². The van der Waals surface area contributed by atoms with Gasteiger partial charge in [0.05, 0.1) is 13.0 Å². The van der Waals surface area contributed by atoms with Gasteiger partial charge in [0.25, 0.3) is 0 Å². The molecule has 0 saturated carbocycles. The van der Waals surface area contributed by atoms with Crippen LogP contribution in [0, 0.1) is 6.92 Å². The number of aromatic nitrogens is 1. The maximum absolute atomic E-state index is 11.6. The van der Waals surface area contributed by atoms with E-state index in [4.69, 9.17) is 4.74 Å². The van der Waals surface area contributed by atoms with Crippen molar-refractivity contribution in [2.75, 3.05) is 6.61 Å². The molecule has 4 heteroatoms. The first kappa shape index (κ1) is 12.4. The first-order valence-corrected chi connectivity index (χ1v) is 5.25. The van der Waals surface area contributed by atoms with E-state index in [9.17, 15) is 9.59 Å². The lowest BCUT2D eigenvalue weighted by molar-refractivity contribution is -0.143. The van der Waals surface area contributed by atoms with Gasteiger partial charge in [0.15, 0.2) is 5.78 Å². The van der Waals surface area contributed by atoms with Crippen LogP contribution in [-0.4, -0.2) is 23.3 Å². The first-order chi connectivity index (χ1) is 7.63. The minimum absolute atomic E-state index is 0.0828. The summed E-state index contributed by atoms with van der Waals surface area (Å²) in [5, 5.41) is 0. The lowest BCUT2D eigenvalue weighted by Crippen LogP contribution is -2.08. The Labute approximate surface area is 94.6 Å². The third-order valence-corrected chi connectivity index (χ3v) is 2.09. The molecule has 1 heterocycles. The highest BCUT2D eigenvalue weighted by Gasteiger charge is 2.09. The van der Waals surface area contributed by atoms with Gasteiger partial charge in [0, 0.05) is 23.9 Å². The Morgan fingerprint density at radius 2 is 2.06 bits per heavy atom. The van der Waals surface area contributed by atoms with Crippen LogP contribution >= 0.6 is 0 Å². The van der Waals surface area contributed by atoms with E-state index >= 15 is 0 Å². The Balaban J connectivity index is 2.47. The molecular weight excluding hydrogens is 206 g/mol. The van der Waals surface area contributed by atoms with Crippen molar-refractivity contribution in [3.05, 3.63) is 29.6 Å². The number of carbonyl (C=O) groups is 2. The van der Waals surface area contributed by atoms with Gasteiger partial charge in [0.1, 0.15) is 0 Å². The number of aryl methyl sites for hydroxylation is 1. The average molecular weight is 221 g/mol. The second kappa shape index (κ2) is 6.00. The van der Waals surface area contributed by atoms with Crippen molar-refractivity contribution >= 4 is 11.8 Å². The van der Waals surface area contributed by atoms with Gasteiger partial charge in [-0.3, -0.25) is 14.6 Å². The molecule has 0 N–H and O–H groups in total. The van der Waals surface area contributed by atoms with Gasteiger partial charge >= 0.3 is 5.97 Å².